The molecule has 0 aliphatic heterocycles. The molecule has 0 saturated carbocycles. The number of benzene rings is 1. The van der Waals surface area contributed by atoms with Crippen molar-refractivity contribution in [2.75, 3.05) is 24.1 Å². The van der Waals surface area contributed by atoms with E-state index < -0.39 is 17.6 Å². The highest BCUT2D eigenvalue weighted by Crippen LogP contribution is 2.20. The topological polar surface area (TPSA) is 119 Å². The van der Waals surface area contributed by atoms with Gasteiger partial charge in [-0.2, -0.15) is 0 Å². The van der Waals surface area contributed by atoms with Crippen LogP contribution in [0.25, 0.3) is 0 Å². The standard InChI is InChI=1S/C17H28N4O3/c1-11(7-8-20-16(23)24-17(2,3)4)10-21-14-6-5-12(15(19)22)9-13(14)18/h5-6,9,11,21H,7-8,10,18H2,1-4H3,(H2,19,22)(H,20,23)/t11-/m0/s1. The molecule has 6 N–H and O–H groups in total. The first kappa shape index (κ1) is 19.6. The quantitative estimate of drug-likeness (QED) is 0.570. The van der Waals surface area contributed by atoms with Gasteiger partial charge < -0.3 is 26.8 Å². The van der Waals surface area contributed by atoms with Gasteiger partial charge in [-0.05, 0) is 51.3 Å². The molecule has 0 fully saturated rings. The molecule has 0 aliphatic carbocycles. The van der Waals surface area contributed by atoms with E-state index in [2.05, 4.69) is 17.6 Å². The van der Waals surface area contributed by atoms with E-state index in [0.717, 1.165) is 12.1 Å². The molecule has 0 aliphatic rings. The molecule has 1 aromatic carbocycles. The van der Waals surface area contributed by atoms with Gasteiger partial charge in [-0.3, -0.25) is 4.79 Å². The van der Waals surface area contributed by atoms with Gasteiger partial charge in [-0.15, -0.1) is 0 Å². The third kappa shape index (κ3) is 7.21. The maximum absolute atomic E-state index is 11.5. The van der Waals surface area contributed by atoms with E-state index in [0.29, 0.717) is 30.3 Å². The van der Waals surface area contributed by atoms with Crippen molar-refractivity contribution in [3.05, 3.63) is 23.8 Å². The number of anilines is 2. The molecule has 0 saturated heterocycles. The van der Waals surface area contributed by atoms with Crippen LogP contribution in [-0.4, -0.2) is 30.7 Å². The Kier molecular flexibility index (Phi) is 6.88. The third-order valence-electron chi connectivity index (χ3n) is 3.28. The summed E-state index contributed by atoms with van der Waals surface area (Å²) in [6.07, 6.45) is 0.389. The van der Waals surface area contributed by atoms with Gasteiger partial charge >= 0.3 is 6.09 Å². The van der Waals surface area contributed by atoms with Crippen molar-refractivity contribution < 1.29 is 14.3 Å². The Hall–Kier alpha value is -2.44. The van der Waals surface area contributed by atoms with Crippen LogP contribution in [0.15, 0.2) is 18.2 Å². The van der Waals surface area contributed by atoms with Gasteiger partial charge in [0.1, 0.15) is 5.60 Å². The van der Waals surface area contributed by atoms with Crippen LogP contribution in [0.3, 0.4) is 0 Å². The van der Waals surface area contributed by atoms with Crippen molar-refractivity contribution in [1.29, 1.82) is 0 Å². The fraction of sp³-hybridized carbons (Fsp3) is 0.529. The van der Waals surface area contributed by atoms with Crippen LogP contribution in [0.5, 0.6) is 0 Å². The zero-order valence-corrected chi connectivity index (χ0v) is 14.8. The zero-order valence-electron chi connectivity index (χ0n) is 14.8. The number of nitrogens with one attached hydrogen (secondary N) is 2. The molecule has 0 heterocycles. The fourth-order valence-electron chi connectivity index (χ4n) is 2.00. The van der Waals surface area contributed by atoms with Gasteiger partial charge in [0.15, 0.2) is 0 Å². The summed E-state index contributed by atoms with van der Waals surface area (Å²) in [6.45, 7) is 8.77. The predicted molar refractivity (Wildman–Crippen MR) is 95.9 cm³/mol. The molecule has 2 amide bonds. The van der Waals surface area contributed by atoms with Crippen LogP contribution in [0.2, 0.25) is 0 Å². The van der Waals surface area contributed by atoms with Gasteiger partial charge in [0.05, 0.1) is 11.4 Å². The van der Waals surface area contributed by atoms with Gasteiger partial charge in [-0.1, -0.05) is 6.92 Å². The normalized spacial score (nSPS) is 12.3. The maximum atomic E-state index is 11.5. The number of carbonyl (C=O) groups is 2. The molecule has 134 valence electrons. The number of hydrogen-bond donors (Lipinski definition) is 4. The lowest BCUT2D eigenvalue weighted by atomic mass is 10.1. The second-order valence-corrected chi connectivity index (χ2v) is 6.87. The molecule has 1 atom stereocenters. The Morgan fingerprint density at radius 3 is 2.50 bits per heavy atom. The summed E-state index contributed by atoms with van der Waals surface area (Å²) in [5.74, 6) is -0.190. The number of rotatable bonds is 7. The minimum atomic E-state index is -0.505. The number of carbonyl (C=O) groups excluding carboxylic acids is 2. The van der Waals surface area contributed by atoms with E-state index in [4.69, 9.17) is 16.2 Å². The summed E-state index contributed by atoms with van der Waals surface area (Å²) in [4.78, 5) is 22.6. The van der Waals surface area contributed by atoms with Crippen molar-refractivity contribution >= 4 is 23.4 Å². The first-order valence-corrected chi connectivity index (χ1v) is 7.98. The summed E-state index contributed by atoms with van der Waals surface area (Å²) in [5, 5.41) is 5.97. The largest absolute Gasteiger partial charge is 0.444 e. The number of hydrogen-bond acceptors (Lipinski definition) is 5. The van der Waals surface area contributed by atoms with Crippen LogP contribution in [0, 0.1) is 5.92 Å². The lowest BCUT2D eigenvalue weighted by Gasteiger charge is -2.20. The number of nitrogens with two attached hydrogens (primary N) is 2. The highest BCUT2D eigenvalue weighted by atomic mass is 16.6. The molecule has 1 rings (SSSR count). The second-order valence-electron chi connectivity index (χ2n) is 6.87. The molecular weight excluding hydrogens is 308 g/mol. The van der Waals surface area contributed by atoms with Gasteiger partial charge in [0.25, 0.3) is 0 Å². The third-order valence-corrected chi connectivity index (χ3v) is 3.28. The van der Waals surface area contributed by atoms with Crippen molar-refractivity contribution in [2.45, 2.75) is 39.7 Å². The molecule has 0 bridgehead atoms. The van der Waals surface area contributed by atoms with E-state index in [1.807, 2.05) is 20.8 Å². The average Bonchev–Trinajstić information content (AvgIpc) is 2.43. The molecule has 24 heavy (non-hydrogen) atoms. The Morgan fingerprint density at radius 1 is 1.29 bits per heavy atom. The highest BCUT2D eigenvalue weighted by molar-refractivity contribution is 5.94. The summed E-state index contributed by atoms with van der Waals surface area (Å²) in [6, 6.07) is 4.93. The van der Waals surface area contributed by atoms with Crippen molar-refractivity contribution in [1.82, 2.24) is 5.32 Å². The number of ether oxygens (including phenoxy) is 1. The average molecular weight is 336 g/mol. The van der Waals surface area contributed by atoms with E-state index in [1.165, 1.54) is 0 Å². The van der Waals surface area contributed by atoms with Gasteiger partial charge in [-0.25, -0.2) is 4.79 Å². The number of primary amides is 1. The number of amides is 2. The van der Waals surface area contributed by atoms with Crippen LogP contribution in [0.4, 0.5) is 16.2 Å². The number of alkyl carbamates (subject to hydrolysis) is 1. The van der Waals surface area contributed by atoms with Crippen molar-refractivity contribution in [3.8, 4) is 0 Å². The Morgan fingerprint density at radius 2 is 1.96 bits per heavy atom. The van der Waals surface area contributed by atoms with Gasteiger partial charge in [0.2, 0.25) is 5.91 Å². The molecule has 7 heteroatoms. The van der Waals surface area contributed by atoms with E-state index in [9.17, 15) is 9.59 Å². The fourth-order valence-corrected chi connectivity index (χ4v) is 2.00. The molecule has 0 spiro atoms. The molecule has 7 nitrogen and oxygen atoms in total. The zero-order chi connectivity index (χ0) is 18.3. The summed E-state index contributed by atoms with van der Waals surface area (Å²) < 4.78 is 5.18. The molecule has 0 radical (unpaired) electrons. The minimum absolute atomic E-state index is 0.315. The lowest BCUT2D eigenvalue weighted by molar-refractivity contribution is 0.0525. The Balaban J connectivity index is 2.35. The summed E-state index contributed by atoms with van der Waals surface area (Å²) in [7, 11) is 0. The molecule has 0 aromatic heterocycles. The summed E-state index contributed by atoms with van der Waals surface area (Å²) >= 11 is 0. The first-order chi connectivity index (χ1) is 11.1. The SMILES string of the molecule is C[C@@H](CCNC(=O)OC(C)(C)C)CNc1ccc(C(N)=O)cc1N. The van der Waals surface area contributed by atoms with Crippen molar-refractivity contribution in [3.63, 3.8) is 0 Å². The Labute approximate surface area is 143 Å². The molecular formula is C17H28N4O3. The van der Waals surface area contributed by atoms with Gasteiger partial charge in [0, 0.05) is 18.7 Å². The van der Waals surface area contributed by atoms with Crippen molar-refractivity contribution in [2.24, 2.45) is 11.7 Å². The lowest BCUT2D eigenvalue weighted by Crippen LogP contribution is -2.33. The van der Waals surface area contributed by atoms with Crippen LogP contribution in [-0.2, 0) is 4.74 Å². The smallest absolute Gasteiger partial charge is 0.407 e. The Bertz CT molecular complexity index is 582. The number of nitrogen functional groups attached to an aromatic ring is 1. The molecule has 0 unspecified atom stereocenters. The monoisotopic (exact) mass is 336 g/mol. The van der Waals surface area contributed by atoms with E-state index in [-0.39, 0.29) is 0 Å². The minimum Gasteiger partial charge on any atom is -0.444 e. The predicted octanol–water partition coefficient (Wildman–Crippen LogP) is 2.33. The summed E-state index contributed by atoms with van der Waals surface area (Å²) in [5.41, 5.74) is 12.2. The first-order valence-electron chi connectivity index (χ1n) is 7.98. The van der Waals surface area contributed by atoms with Crippen LogP contribution >= 0.6 is 0 Å². The highest BCUT2D eigenvalue weighted by Gasteiger charge is 2.15. The van der Waals surface area contributed by atoms with E-state index in [1.54, 1.807) is 18.2 Å². The van der Waals surface area contributed by atoms with Crippen LogP contribution in [0.1, 0.15) is 44.5 Å². The maximum Gasteiger partial charge on any atom is 0.407 e. The second kappa shape index (κ2) is 8.42. The van der Waals surface area contributed by atoms with Crippen LogP contribution < -0.4 is 22.1 Å². The van der Waals surface area contributed by atoms with E-state index >= 15 is 0 Å². The molecule has 1 aromatic rings.